The van der Waals surface area contributed by atoms with Crippen LogP contribution in [-0.2, 0) is 14.2 Å². The Morgan fingerprint density at radius 1 is 1.45 bits per heavy atom. The molecule has 1 N–H and O–H groups in total. The first kappa shape index (κ1) is 8.93. The summed E-state index contributed by atoms with van der Waals surface area (Å²) in [5, 5.41) is 8.55. The third-order valence-corrected chi connectivity index (χ3v) is 1.63. The van der Waals surface area contributed by atoms with Gasteiger partial charge in [0.25, 0.3) is 0 Å². The van der Waals surface area contributed by atoms with Gasteiger partial charge in [-0.05, 0) is 0 Å². The van der Waals surface area contributed by atoms with Gasteiger partial charge in [-0.3, -0.25) is 0 Å². The van der Waals surface area contributed by atoms with Crippen LogP contribution in [0.3, 0.4) is 0 Å². The maximum Gasteiger partial charge on any atom is 0.160 e. The molecule has 4 nitrogen and oxygen atoms in total. The van der Waals surface area contributed by atoms with Crippen molar-refractivity contribution in [2.75, 3.05) is 26.9 Å². The summed E-state index contributed by atoms with van der Waals surface area (Å²) in [6.45, 7) is 1.21. The van der Waals surface area contributed by atoms with Crippen molar-refractivity contribution in [2.24, 2.45) is 0 Å². The maximum absolute atomic E-state index is 8.55. The number of aliphatic hydroxyl groups excluding tert-OH is 1. The molecule has 0 atom stereocenters. The van der Waals surface area contributed by atoms with E-state index in [2.05, 4.69) is 0 Å². The zero-order chi connectivity index (χ0) is 8.10. The topological polar surface area (TPSA) is 47.9 Å². The predicted octanol–water partition coefficient (Wildman–Crippen LogP) is -0.243. The van der Waals surface area contributed by atoms with Crippen LogP contribution in [0, 0.1) is 0 Å². The van der Waals surface area contributed by atoms with Gasteiger partial charge in [0.1, 0.15) is 6.10 Å². The molecule has 0 bridgehead atoms. The molecular formula is C7H14O4. The molecule has 0 saturated carbocycles. The van der Waals surface area contributed by atoms with Crippen molar-refractivity contribution in [2.45, 2.75) is 18.8 Å². The third kappa shape index (κ3) is 2.75. The second-order valence-electron chi connectivity index (χ2n) is 2.47. The molecule has 66 valence electrons. The van der Waals surface area contributed by atoms with Gasteiger partial charge in [-0.15, -0.1) is 0 Å². The first-order valence-corrected chi connectivity index (χ1v) is 3.73. The molecule has 0 amide bonds. The van der Waals surface area contributed by atoms with Gasteiger partial charge in [-0.1, -0.05) is 0 Å². The molecule has 0 aromatic heterocycles. The average molecular weight is 162 g/mol. The lowest BCUT2D eigenvalue weighted by molar-refractivity contribution is -0.225. The third-order valence-electron chi connectivity index (χ3n) is 1.63. The van der Waals surface area contributed by atoms with E-state index in [0.29, 0.717) is 19.6 Å². The molecule has 0 aromatic carbocycles. The standard InChI is InChI=1S/C7H14O4/c1-9-6-4-10-7(2-3-8)11-5-6/h6-8H,2-5H2,1H3. The van der Waals surface area contributed by atoms with Crippen molar-refractivity contribution in [3.8, 4) is 0 Å². The molecule has 0 aliphatic carbocycles. The number of methoxy groups -OCH3 is 1. The lowest BCUT2D eigenvalue weighted by Gasteiger charge is -2.27. The van der Waals surface area contributed by atoms with E-state index in [1.54, 1.807) is 7.11 Å². The summed E-state index contributed by atoms with van der Waals surface area (Å²) >= 11 is 0. The number of hydrogen-bond donors (Lipinski definition) is 1. The highest BCUT2D eigenvalue weighted by atomic mass is 16.7. The minimum absolute atomic E-state index is 0.0462. The van der Waals surface area contributed by atoms with Crippen LogP contribution >= 0.6 is 0 Å². The zero-order valence-corrected chi connectivity index (χ0v) is 6.66. The molecule has 0 aromatic rings. The van der Waals surface area contributed by atoms with Crippen LogP contribution in [0.2, 0.25) is 0 Å². The van der Waals surface area contributed by atoms with Gasteiger partial charge in [0.15, 0.2) is 6.29 Å². The minimum atomic E-state index is -0.244. The Hall–Kier alpha value is -0.160. The fraction of sp³-hybridized carbons (Fsp3) is 1.00. The van der Waals surface area contributed by atoms with Crippen molar-refractivity contribution in [1.29, 1.82) is 0 Å². The van der Waals surface area contributed by atoms with E-state index >= 15 is 0 Å². The molecule has 0 spiro atoms. The van der Waals surface area contributed by atoms with Crippen LogP contribution in [0.1, 0.15) is 6.42 Å². The molecule has 1 saturated heterocycles. The number of rotatable bonds is 3. The molecule has 4 heteroatoms. The molecule has 1 heterocycles. The lowest BCUT2D eigenvalue weighted by Crippen LogP contribution is -2.37. The lowest BCUT2D eigenvalue weighted by atomic mass is 10.3. The summed E-state index contributed by atoms with van der Waals surface area (Å²) in [6, 6.07) is 0. The van der Waals surface area contributed by atoms with Crippen LogP contribution in [0.5, 0.6) is 0 Å². The Labute approximate surface area is 66.1 Å². The van der Waals surface area contributed by atoms with Gasteiger partial charge < -0.3 is 19.3 Å². The molecule has 11 heavy (non-hydrogen) atoms. The van der Waals surface area contributed by atoms with Gasteiger partial charge in [0, 0.05) is 20.1 Å². The highest BCUT2D eigenvalue weighted by Gasteiger charge is 2.20. The Bertz CT molecular complexity index is 98.6. The van der Waals surface area contributed by atoms with Crippen LogP contribution in [0.4, 0.5) is 0 Å². The summed E-state index contributed by atoms with van der Waals surface area (Å²) < 4.78 is 15.4. The summed E-state index contributed by atoms with van der Waals surface area (Å²) in [7, 11) is 1.63. The fourth-order valence-corrected chi connectivity index (χ4v) is 0.934. The summed E-state index contributed by atoms with van der Waals surface area (Å²) in [6.07, 6.45) is 0.340. The summed E-state index contributed by atoms with van der Waals surface area (Å²) in [5.74, 6) is 0. The zero-order valence-electron chi connectivity index (χ0n) is 6.66. The molecule has 1 aliphatic heterocycles. The van der Waals surface area contributed by atoms with Crippen LogP contribution < -0.4 is 0 Å². The second-order valence-corrected chi connectivity index (χ2v) is 2.47. The maximum atomic E-state index is 8.55. The number of aliphatic hydroxyl groups is 1. The predicted molar refractivity (Wildman–Crippen MR) is 38.2 cm³/mol. The molecule has 0 radical (unpaired) electrons. The highest BCUT2D eigenvalue weighted by molar-refractivity contribution is 4.61. The summed E-state index contributed by atoms with van der Waals surface area (Å²) in [4.78, 5) is 0. The smallest absolute Gasteiger partial charge is 0.160 e. The van der Waals surface area contributed by atoms with Crippen LogP contribution in [0.15, 0.2) is 0 Å². The largest absolute Gasteiger partial charge is 0.396 e. The Kier molecular flexibility index (Phi) is 3.79. The molecule has 1 rings (SSSR count). The monoisotopic (exact) mass is 162 g/mol. The van der Waals surface area contributed by atoms with Crippen molar-refractivity contribution in [3.63, 3.8) is 0 Å². The Morgan fingerprint density at radius 2 is 2.09 bits per heavy atom. The van der Waals surface area contributed by atoms with Gasteiger partial charge in [0.2, 0.25) is 0 Å². The van der Waals surface area contributed by atoms with Crippen molar-refractivity contribution in [1.82, 2.24) is 0 Å². The van der Waals surface area contributed by atoms with Crippen molar-refractivity contribution in [3.05, 3.63) is 0 Å². The SMILES string of the molecule is COC1COC(CCO)OC1. The quantitative estimate of drug-likeness (QED) is 0.622. The fourth-order valence-electron chi connectivity index (χ4n) is 0.934. The van der Waals surface area contributed by atoms with Gasteiger partial charge in [-0.25, -0.2) is 0 Å². The van der Waals surface area contributed by atoms with E-state index in [-0.39, 0.29) is 19.0 Å². The second kappa shape index (κ2) is 4.66. The van der Waals surface area contributed by atoms with Gasteiger partial charge in [0.05, 0.1) is 13.2 Å². The molecular weight excluding hydrogens is 148 g/mol. The Morgan fingerprint density at radius 3 is 2.55 bits per heavy atom. The van der Waals surface area contributed by atoms with Crippen LogP contribution in [0.25, 0.3) is 0 Å². The normalized spacial score (nSPS) is 32.2. The van der Waals surface area contributed by atoms with E-state index in [1.807, 2.05) is 0 Å². The molecule has 0 unspecified atom stereocenters. The average Bonchev–Trinajstić information content (AvgIpc) is 2.07. The van der Waals surface area contributed by atoms with E-state index in [0.717, 1.165) is 0 Å². The van der Waals surface area contributed by atoms with Crippen LogP contribution in [-0.4, -0.2) is 44.4 Å². The van der Waals surface area contributed by atoms with E-state index in [4.69, 9.17) is 19.3 Å². The van der Waals surface area contributed by atoms with E-state index in [1.165, 1.54) is 0 Å². The van der Waals surface area contributed by atoms with E-state index in [9.17, 15) is 0 Å². The Balaban J connectivity index is 2.14. The first-order valence-electron chi connectivity index (χ1n) is 3.73. The van der Waals surface area contributed by atoms with E-state index < -0.39 is 0 Å². The van der Waals surface area contributed by atoms with Crippen molar-refractivity contribution < 1.29 is 19.3 Å². The first-order chi connectivity index (χ1) is 5.36. The highest BCUT2D eigenvalue weighted by Crippen LogP contribution is 2.09. The number of hydrogen-bond acceptors (Lipinski definition) is 4. The minimum Gasteiger partial charge on any atom is -0.396 e. The molecule has 1 aliphatic rings. The van der Waals surface area contributed by atoms with Gasteiger partial charge >= 0.3 is 0 Å². The number of ether oxygens (including phenoxy) is 3. The van der Waals surface area contributed by atoms with Crippen molar-refractivity contribution >= 4 is 0 Å². The van der Waals surface area contributed by atoms with Gasteiger partial charge in [-0.2, -0.15) is 0 Å². The molecule has 1 fully saturated rings. The summed E-state index contributed by atoms with van der Waals surface area (Å²) in [5.41, 5.74) is 0.